The normalized spacial score (nSPS) is 10.6. The van der Waals surface area contributed by atoms with Gasteiger partial charge in [0.15, 0.2) is 0 Å². The van der Waals surface area contributed by atoms with E-state index in [1.807, 2.05) is 24.3 Å². The standard InChI is InChI=1S/C14H15ClN2O/c1-4-5-12-8-10-6-7-11(15)9-13(10)17(12)14(18)16(2)3/h4,6-9H,1,5H2,2-3H3. The molecule has 1 amide bonds. The second-order valence-electron chi connectivity index (χ2n) is 4.34. The number of allylic oxidation sites excluding steroid dienone is 1. The summed E-state index contributed by atoms with van der Waals surface area (Å²) in [5.41, 5.74) is 1.75. The van der Waals surface area contributed by atoms with Crippen molar-refractivity contribution in [3.63, 3.8) is 0 Å². The summed E-state index contributed by atoms with van der Waals surface area (Å²) in [5, 5.41) is 1.63. The number of hydrogen-bond acceptors (Lipinski definition) is 1. The maximum absolute atomic E-state index is 12.2. The van der Waals surface area contributed by atoms with E-state index in [9.17, 15) is 4.79 Å². The Morgan fingerprint density at radius 1 is 1.44 bits per heavy atom. The van der Waals surface area contributed by atoms with Crippen LogP contribution in [-0.2, 0) is 6.42 Å². The van der Waals surface area contributed by atoms with Gasteiger partial charge in [0.2, 0.25) is 0 Å². The minimum Gasteiger partial charge on any atom is -0.330 e. The Kier molecular flexibility index (Phi) is 3.43. The van der Waals surface area contributed by atoms with Crippen molar-refractivity contribution in [2.24, 2.45) is 0 Å². The molecule has 0 fully saturated rings. The monoisotopic (exact) mass is 262 g/mol. The molecule has 0 aliphatic carbocycles. The van der Waals surface area contributed by atoms with Crippen LogP contribution in [0, 0.1) is 0 Å². The molecule has 2 rings (SSSR count). The summed E-state index contributed by atoms with van der Waals surface area (Å²) in [6, 6.07) is 7.47. The molecule has 0 atom stereocenters. The van der Waals surface area contributed by atoms with Crippen molar-refractivity contribution in [1.82, 2.24) is 9.47 Å². The molecule has 1 aromatic heterocycles. The number of halogens is 1. The van der Waals surface area contributed by atoms with Crippen LogP contribution in [0.3, 0.4) is 0 Å². The zero-order chi connectivity index (χ0) is 13.3. The van der Waals surface area contributed by atoms with Gasteiger partial charge in [-0.25, -0.2) is 4.79 Å². The van der Waals surface area contributed by atoms with E-state index in [4.69, 9.17) is 11.6 Å². The number of nitrogens with zero attached hydrogens (tertiary/aromatic N) is 2. The average Bonchev–Trinajstić information content (AvgIpc) is 2.66. The minimum absolute atomic E-state index is 0.0795. The lowest BCUT2D eigenvalue weighted by Gasteiger charge is -2.14. The molecule has 0 unspecified atom stereocenters. The topological polar surface area (TPSA) is 25.2 Å². The molecule has 0 aliphatic heterocycles. The van der Waals surface area contributed by atoms with Gasteiger partial charge in [0, 0.05) is 36.6 Å². The molecular weight excluding hydrogens is 248 g/mol. The predicted octanol–water partition coefficient (Wildman–Crippen LogP) is 3.55. The number of hydrogen-bond donors (Lipinski definition) is 0. The second kappa shape index (κ2) is 4.86. The highest BCUT2D eigenvalue weighted by Gasteiger charge is 2.15. The number of fused-ring (bicyclic) bond motifs is 1. The quantitative estimate of drug-likeness (QED) is 0.760. The van der Waals surface area contributed by atoms with Gasteiger partial charge in [-0.15, -0.1) is 6.58 Å². The maximum atomic E-state index is 12.2. The summed E-state index contributed by atoms with van der Waals surface area (Å²) >= 11 is 6.00. The Morgan fingerprint density at radius 3 is 2.78 bits per heavy atom. The third-order valence-corrected chi connectivity index (χ3v) is 3.01. The zero-order valence-corrected chi connectivity index (χ0v) is 11.2. The highest BCUT2D eigenvalue weighted by Crippen LogP contribution is 2.24. The highest BCUT2D eigenvalue weighted by atomic mass is 35.5. The molecule has 0 aliphatic rings. The molecule has 94 valence electrons. The van der Waals surface area contributed by atoms with Crippen molar-refractivity contribution in [1.29, 1.82) is 0 Å². The molecule has 2 aromatic rings. The summed E-state index contributed by atoms with van der Waals surface area (Å²) in [5.74, 6) is 0. The summed E-state index contributed by atoms with van der Waals surface area (Å²) in [7, 11) is 3.47. The van der Waals surface area contributed by atoms with Crippen molar-refractivity contribution < 1.29 is 4.79 Å². The van der Waals surface area contributed by atoms with E-state index in [-0.39, 0.29) is 6.03 Å². The van der Waals surface area contributed by atoms with Crippen LogP contribution >= 0.6 is 11.6 Å². The molecule has 0 spiro atoms. The summed E-state index contributed by atoms with van der Waals surface area (Å²) in [6.45, 7) is 3.72. The van der Waals surface area contributed by atoms with Gasteiger partial charge in [-0.05, 0) is 18.2 Å². The smallest absolute Gasteiger partial charge is 0.328 e. The lowest BCUT2D eigenvalue weighted by molar-refractivity contribution is 0.219. The van der Waals surface area contributed by atoms with Gasteiger partial charge in [-0.1, -0.05) is 23.7 Å². The first-order chi connectivity index (χ1) is 8.54. The lowest BCUT2D eigenvalue weighted by Crippen LogP contribution is -2.28. The number of rotatable bonds is 2. The van der Waals surface area contributed by atoms with Crippen LogP contribution < -0.4 is 0 Å². The van der Waals surface area contributed by atoms with Gasteiger partial charge in [-0.2, -0.15) is 0 Å². The van der Waals surface area contributed by atoms with Crippen LogP contribution in [-0.4, -0.2) is 29.6 Å². The van der Waals surface area contributed by atoms with Crippen molar-refractivity contribution >= 4 is 28.5 Å². The molecule has 0 N–H and O–H groups in total. The molecule has 4 heteroatoms. The molecule has 18 heavy (non-hydrogen) atoms. The summed E-state index contributed by atoms with van der Waals surface area (Å²) in [4.78, 5) is 13.8. The SMILES string of the molecule is C=CCc1cc2ccc(Cl)cc2n1C(=O)N(C)C. The van der Waals surface area contributed by atoms with Crippen LogP contribution in [0.5, 0.6) is 0 Å². The number of carbonyl (C=O) groups excluding carboxylic acids is 1. The Labute approximate surface area is 111 Å². The van der Waals surface area contributed by atoms with Crippen LogP contribution in [0.2, 0.25) is 5.02 Å². The van der Waals surface area contributed by atoms with Gasteiger partial charge >= 0.3 is 6.03 Å². The van der Waals surface area contributed by atoms with E-state index in [2.05, 4.69) is 6.58 Å². The van der Waals surface area contributed by atoms with Gasteiger partial charge in [0.05, 0.1) is 5.52 Å². The van der Waals surface area contributed by atoms with Gasteiger partial charge in [0.25, 0.3) is 0 Å². The maximum Gasteiger partial charge on any atom is 0.328 e. The van der Waals surface area contributed by atoms with E-state index >= 15 is 0 Å². The Hall–Kier alpha value is -1.74. The van der Waals surface area contributed by atoms with Crippen LogP contribution in [0.1, 0.15) is 5.69 Å². The zero-order valence-electron chi connectivity index (χ0n) is 10.5. The van der Waals surface area contributed by atoms with Crippen molar-refractivity contribution in [3.05, 3.63) is 47.6 Å². The first-order valence-electron chi connectivity index (χ1n) is 5.67. The molecule has 0 bridgehead atoms. The Morgan fingerprint density at radius 2 is 2.17 bits per heavy atom. The molecule has 0 saturated heterocycles. The van der Waals surface area contributed by atoms with Gasteiger partial charge in [0.1, 0.15) is 0 Å². The number of aromatic nitrogens is 1. The van der Waals surface area contributed by atoms with Crippen LogP contribution in [0.15, 0.2) is 36.9 Å². The molecule has 0 saturated carbocycles. The second-order valence-corrected chi connectivity index (χ2v) is 4.78. The van der Waals surface area contributed by atoms with Crippen LogP contribution in [0.4, 0.5) is 4.79 Å². The Bertz CT molecular complexity index is 614. The lowest BCUT2D eigenvalue weighted by atomic mass is 10.2. The largest absolute Gasteiger partial charge is 0.330 e. The number of carbonyl (C=O) groups is 1. The highest BCUT2D eigenvalue weighted by molar-refractivity contribution is 6.31. The molecular formula is C14H15ClN2O. The van der Waals surface area contributed by atoms with E-state index in [0.29, 0.717) is 11.4 Å². The minimum atomic E-state index is -0.0795. The fraction of sp³-hybridized carbons (Fsp3) is 0.214. The van der Waals surface area contributed by atoms with E-state index < -0.39 is 0 Å². The first-order valence-corrected chi connectivity index (χ1v) is 6.05. The average molecular weight is 263 g/mol. The fourth-order valence-electron chi connectivity index (χ4n) is 1.96. The fourth-order valence-corrected chi connectivity index (χ4v) is 2.12. The predicted molar refractivity (Wildman–Crippen MR) is 75.3 cm³/mol. The van der Waals surface area contributed by atoms with Crippen molar-refractivity contribution in [2.45, 2.75) is 6.42 Å². The number of amides is 1. The van der Waals surface area contributed by atoms with E-state index in [1.54, 1.807) is 29.6 Å². The Balaban J connectivity index is 2.71. The molecule has 0 radical (unpaired) electrons. The van der Waals surface area contributed by atoms with Gasteiger partial charge < -0.3 is 4.90 Å². The molecule has 3 nitrogen and oxygen atoms in total. The van der Waals surface area contributed by atoms with E-state index in [0.717, 1.165) is 16.6 Å². The van der Waals surface area contributed by atoms with Crippen molar-refractivity contribution in [2.75, 3.05) is 14.1 Å². The third kappa shape index (κ3) is 2.14. The van der Waals surface area contributed by atoms with E-state index in [1.165, 1.54) is 0 Å². The number of benzene rings is 1. The third-order valence-electron chi connectivity index (χ3n) is 2.77. The van der Waals surface area contributed by atoms with Gasteiger partial charge in [-0.3, -0.25) is 4.57 Å². The molecule has 1 aromatic carbocycles. The summed E-state index contributed by atoms with van der Waals surface area (Å²) < 4.78 is 1.68. The van der Waals surface area contributed by atoms with Crippen LogP contribution in [0.25, 0.3) is 10.9 Å². The first kappa shape index (κ1) is 12.7. The van der Waals surface area contributed by atoms with Crippen molar-refractivity contribution in [3.8, 4) is 0 Å². The summed E-state index contributed by atoms with van der Waals surface area (Å²) in [6.07, 6.45) is 2.43. The molecule has 1 heterocycles.